The van der Waals surface area contributed by atoms with Gasteiger partial charge in [0.15, 0.2) is 18.7 Å². The van der Waals surface area contributed by atoms with E-state index < -0.39 is 134 Å². The highest BCUT2D eigenvalue weighted by Crippen LogP contribution is 2.76. The fourth-order valence-electron chi connectivity index (χ4n) is 15.0. The van der Waals surface area contributed by atoms with Crippen LogP contribution in [0.1, 0.15) is 113 Å². The van der Waals surface area contributed by atoms with Crippen molar-refractivity contribution in [1.29, 1.82) is 0 Å². The minimum atomic E-state index is -1.98. The maximum Gasteiger partial charge on any atom is 0.335 e. The number of rotatable bonds is 9. The Labute approximate surface area is 391 Å². The molecule has 382 valence electrons. The summed E-state index contributed by atoms with van der Waals surface area (Å²) in [6.45, 7) is 14.4. The minimum Gasteiger partial charge on any atom is -0.479 e. The second kappa shape index (κ2) is 18.0. The zero-order valence-corrected chi connectivity index (χ0v) is 39.7. The van der Waals surface area contributed by atoms with E-state index in [4.69, 9.17) is 28.4 Å². The number of carboxylic acids is 1. The number of fused-ring (bicyclic) bond motifs is 7. The second-order valence-corrected chi connectivity index (χ2v) is 23.5. The average Bonchev–Trinajstić information content (AvgIpc) is 3.26. The van der Waals surface area contributed by atoms with E-state index in [1.807, 2.05) is 0 Å². The topological polar surface area (TPSA) is 312 Å². The Kier molecular flexibility index (Phi) is 13.8. The van der Waals surface area contributed by atoms with Crippen LogP contribution in [0.15, 0.2) is 11.6 Å². The number of ether oxygens (including phenoxy) is 6. The molecule has 0 radical (unpaired) electrons. The van der Waals surface area contributed by atoms with Gasteiger partial charge in [0.1, 0.15) is 67.1 Å². The summed E-state index contributed by atoms with van der Waals surface area (Å²) in [5, 5.41) is 115. The smallest absolute Gasteiger partial charge is 0.335 e. The van der Waals surface area contributed by atoms with Gasteiger partial charge in [0.25, 0.3) is 0 Å². The van der Waals surface area contributed by atoms with Crippen LogP contribution in [0, 0.1) is 50.2 Å². The lowest BCUT2D eigenvalue weighted by Gasteiger charge is -2.71. The molecule has 8 rings (SSSR count). The number of esters is 1. The number of aliphatic carboxylic acids is 1. The summed E-state index contributed by atoms with van der Waals surface area (Å²) in [4.78, 5) is 27.0. The van der Waals surface area contributed by atoms with Gasteiger partial charge in [-0.25, -0.2) is 4.79 Å². The lowest BCUT2D eigenvalue weighted by molar-refractivity contribution is -0.374. The molecule has 0 spiro atoms. The van der Waals surface area contributed by atoms with Crippen LogP contribution in [-0.4, -0.2) is 180 Å². The van der Waals surface area contributed by atoms with Gasteiger partial charge in [0.05, 0.1) is 24.7 Å². The van der Waals surface area contributed by atoms with Gasteiger partial charge in [-0.15, -0.1) is 0 Å². The molecule has 23 atom stereocenters. The maximum absolute atomic E-state index is 14.7. The Bertz CT molecular complexity index is 1870. The van der Waals surface area contributed by atoms with E-state index in [1.54, 1.807) is 0 Å². The third-order valence-corrected chi connectivity index (χ3v) is 19.3. The summed E-state index contributed by atoms with van der Waals surface area (Å²) in [6.07, 6.45) is -16.4. The first-order valence-corrected chi connectivity index (χ1v) is 24.3. The van der Waals surface area contributed by atoms with Gasteiger partial charge < -0.3 is 84.6 Å². The van der Waals surface area contributed by atoms with Crippen LogP contribution in [0.5, 0.6) is 0 Å². The molecule has 0 amide bonds. The van der Waals surface area contributed by atoms with Crippen LogP contribution >= 0.6 is 0 Å². The molecule has 3 aliphatic heterocycles. The Morgan fingerprint density at radius 3 is 1.85 bits per heavy atom. The summed E-state index contributed by atoms with van der Waals surface area (Å²) in [5.41, 5.74) is -1.05. The van der Waals surface area contributed by atoms with Crippen LogP contribution in [-0.2, 0) is 38.0 Å². The van der Waals surface area contributed by atoms with Gasteiger partial charge in [0.2, 0.25) is 6.29 Å². The van der Waals surface area contributed by atoms with E-state index in [9.17, 15) is 65.8 Å². The highest BCUT2D eigenvalue weighted by atomic mass is 16.8. The van der Waals surface area contributed by atoms with Gasteiger partial charge in [-0.3, -0.25) is 4.79 Å². The van der Waals surface area contributed by atoms with Crippen molar-refractivity contribution < 1.29 is 94.2 Å². The lowest BCUT2D eigenvalue weighted by atomic mass is 9.33. The van der Waals surface area contributed by atoms with Crippen molar-refractivity contribution in [3.8, 4) is 0 Å². The Morgan fingerprint density at radius 2 is 1.24 bits per heavy atom. The Balaban J connectivity index is 1.05. The van der Waals surface area contributed by atoms with E-state index >= 15 is 0 Å². The third-order valence-electron chi connectivity index (χ3n) is 19.3. The lowest BCUT2D eigenvalue weighted by Crippen LogP contribution is -2.67. The number of aliphatic hydroxyl groups excluding tert-OH is 10. The summed E-state index contributed by atoms with van der Waals surface area (Å²) >= 11 is 0. The van der Waals surface area contributed by atoms with Crippen molar-refractivity contribution in [1.82, 2.24) is 0 Å². The molecule has 0 bridgehead atoms. The standard InChI is InChI=1S/C48H76O19/c1-43(2)14-16-48(42(61)67-40-35(58)31(54)29(52)24(20-50)63-40)17-15-46(6)21(22(48)18-43)8-9-26-45(5)12-11-27(44(3,4)25(45)10-13-47(26,46)7)64-41-37(33(56)32(55)36(65-41)38(59)60)66-39-34(57)30(53)28(51)23(19-49)62-39/h8,22-37,39-41,49-58H,9-20H2,1-7H3,(H,59,60)/t22-,23-,24-,25+,26-,27+,28-,29-,30+,31+,32+,33+,34-,35-,36+,37-,39+,40+,41-,45+,46-,47-,48-/m1/s1. The summed E-state index contributed by atoms with van der Waals surface area (Å²) in [6, 6.07) is 0. The molecule has 4 saturated carbocycles. The predicted molar refractivity (Wildman–Crippen MR) is 231 cm³/mol. The highest BCUT2D eigenvalue weighted by molar-refractivity contribution is 5.79. The van der Waals surface area contributed by atoms with Crippen molar-refractivity contribution in [3.63, 3.8) is 0 Å². The first-order valence-electron chi connectivity index (χ1n) is 24.3. The van der Waals surface area contributed by atoms with Gasteiger partial charge in [-0.05, 0) is 109 Å². The van der Waals surface area contributed by atoms with Gasteiger partial charge in [-0.2, -0.15) is 0 Å². The number of allylic oxidation sites excluding steroid dienone is 2. The molecule has 3 saturated heterocycles. The zero-order chi connectivity index (χ0) is 49.1. The molecule has 67 heavy (non-hydrogen) atoms. The first-order chi connectivity index (χ1) is 31.2. The number of carbonyl (C=O) groups is 2. The summed E-state index contributed by atoms with van der Waals surface area (Å²) in [7, 11) is 0. The molecule has 0 aromatic carbocycles. The predicted octanol–water partition coefficient (Wildman–Crippen LogP) is 0.233. The molecule has 0 unspecified atom stereocenters. The Hall–Kier alpha value is -1.92. The number of hydrogen-bond donors (Lipinski definition) is 11. The van der Waals surface area contributed by atoms with Crippen molar-refractivity contribution in [2.75, 3.05) is 13.2 Å². The second-order valence-electron chi connectivity index (χ2n) is 23.5. The molecule has 8 aliphatic rings. The SMILES string of the molecule is CC1(C)CC[C@@]2(C(=O)O[C@@H]3O[C@H](CO)[C@@H](O)[C@H](O)[C@H]3O)CC[C@]3(C)C(=CC[C@@H]4[C@@]5(C)CC[C@H](O[C@@H]6O[C@H](C(=O)O)[C@@H](O)[C@H](O)[C@H]6O[C@@H]6O[C@H](CO)[C@@H](O)[C@H](O)[C@H]6O)C(C)(C)[C@@H]5CC[C@]43C)[C@H]2C1. The molecular formula is C48H76O19. The van der Waals surface area contributed by atoms with Crippen LogP contribution in [0.4, 0.5) is 0 Å². The van der Waals surface area contributed by atoms with Crippen molar-refractivity contribution in [2.24, 2.45) is 50.2 Å². The molecule has 3 heterocycles. The Morgan fingerprint density at radius 1 is 0.642 bits per heavy atom. The maximum atomic E-state index is 14.7. The average molecular weight is 957 g/mol. The zero-order valence-electron chi connectivity index (χ0n) is 39.7. The van der Waals surface area contributed by atoms with Crippen LogP contribution in [0.2, 0.25) is 0 Å². The fourth-order valence-corrected chi connectivity index (χ4v) is 15.0. The van der Waals surface area contributed by atoms with Gasteiger partial charge in [0, 0.05) is 0 Å². The molecule has 19 nitrogen and oxygen atoms in total. The van der Waals surface area contributed by atoms with Crippen molar-refractivity contribution in [2.45, 2.75) is 211 Å². The molecule has 11 N–H and O–H groups in total. The molecule has 0 aromatic rings. The normalized spacial score (nSPS) is 52.6. The van der Waals surface area contributed by atoms with Crippen LogP contribution in [0.25, 0.3) is 0 Å². The van der Waals surface area contributed by atoms with E-state index in [1.165, 1.54) is 5.57 Å². The monoisotopic (exact) mass is 956 g/mol. The van der Waals surface area contributed by atoms with Gasteiger partial charge in [-0.1, -0.05) is 60.1 Å². The summed E-state index contributed by atoms with van der Waals surface area (Å²) < 4.78 is 35.7. The van der Waals surface area contributed by atoms with E-state index in [0.29, 0.717) is 25.7 Å². The quantitative estimate of drug-likeness (QED) is 0.0838. The highest BCUT2D eigenvalue weighted by Gasteiger charge is 2.70. The largest absolute Gasteiger partial charge is 0.479 e. The number of carboxylic acid groups (broad SMARTS) is 1. The molecule has 7 fully saturated rings. The molecule has 0 aromatic heterocycles. The van der Waals surface area contributed by atoms with Crippen LogP contribution < -0.4 is 0 Å². The molecule has 19 heteroatoms. The number of aliphatic hydroxyl groups is 10. The van der Waals surface area contributed by atoms with E-state index in [-0.39, 0.29) is 39.4 Å². The molecule has 5 aliphatic carbocycles. The number of hydrogen-bond acceptors (Lipinski definition) is 18. The van der Waals surface area contributed by atoms with E-state index in [0.717, 1.165) is 38.5 Å². The fraction of sp³-hybridized carbons (Fsp3) is 0.917. The van der Waals surface area contributed by atoms with Gasteiger partial charge >= 0.3 is 11.9 Å². The minimum absolute atomic E-state index is 0.0828. The third kappa shape index (κ3) is 8.06. The van der Waals surface area contributed by atoms with Crippen molar-refractivity contribution >= 4 is 11.9 Å². The number of carbonyl (C=O) groups excluding carboxylic acids is 1. The first kappa shape index (κ1) is 51.4. The van der Waals surface area contributed by atoms with Crippen molar-refractivity contribution in [3.05, 3.63) is 11.6 Å². The summed E-state index contributed by atoms with van der Waals surface area (Å²) in [5.74, 6) is -1.94. The molecular weight excluding hydrogens is 881 g/mol. The van der Waals surface area contributed by atoms with Crippen LogP contribution in [0.3, 0.4) is 0 Å². The van der Waals surface area contributed by atoms with E-state index in [2.05, 4.69) is 54.5 Å².